The van der Waals surface area contributed by atoms with Crippen LogP contribution >= 0.6 is 23.2 Å². The highest BCUT2D eigenvalue weighted by Crippen LogP contribution is 2.40. The third kappa shape index (κ3) is 4.97. The van der Waals surface area contributed by atoms with Crippen molar-refractivity contribution >= 4 is 52.4 Å². The molecule has 2 saturated heterocycles. The van der Waals surface area contributed by atoms with Crippen LogP contribution in [0, 0.1) is 0 Å². The highest BCUT2D eigenvalue weighted by atomic mass is 35.5. The molecular weight excluding hydrogens is 501 g/mol. The number of rotatable bonds is 6. The Morgan fingerprint density at radius 1 is 1.00 bits per heavy atom. The molecule has 1 N–H and O–H groups in total. The van der Waals surface area contributed by atoms with Crippen molar-refractivity contribution in [2.45, 2.75) is 32.2 Å². The van der Waals surface area contributed by atoms with Crippen LogP contribution in [0.5, 0.6) is 0 Å². The van der Waals surface area contributed by atoms with Crippen LogP contribution in [0.25, 0.3) is 0 Å². The molecule has 10 heteroatoms. The number of anilines is 2. The van der Waals surface area contributed by atoms with E-state index in [1.807, 2.05) is 44.2 Å². The van der Waals surface area contributed by atoms with Gasteiger partial charge in [0.2, 0.25) is 5.91 Å². The number of hydrogen-bond acceptors (Lipinski definition) is 4. The van der Waals surface area contributed by atoms with Gasteiger partial charge in [-0.1, -0.05) is 47.5 Å². The molecule has 2 fully saturated rings. The van der Waals surface area contributed by atoms with Crippen molar-refractivity contribution < 1.29 is 14.4 Å². The van der Waals surface area contributed by atoms with Crippen LogP contribution in [0.1, 0.15) is 26.7 Å². The highest BCUT2D eigenvalue weighted by molar-refractivity contribution is 6.43. The minimum absolute atomic E-state index is 0.0447. The van der Waals surface area contributed by atoms with E-state index in [0.717, 1.165) is 5.69 Å². The maximum Gasteiger partial charge on any atom is 0.321 e. The molecule has 1 spiro atoms. The van der Waals surface area contributed by atoms with Crippen molar-refractivity contribution in [3.05, 3.63) is 58.6 Å². The van der Waals surface area contributed by atoms with Crippen LogP contribution in [0.4, 0.5) is 16.2 Å². The monoisotopic (exact) mass is 531 g/mol. The lowest BCUT2D eigenvalue weighted by atomic mass is 9.85. The summed E-state index contributed by atoms with van der Waals surface area (Å²) in [6.07, 6.45) is 0.904. The first-order valence-corrected chi connectivity index (χ1v) is 13.0. The van der Waals surface area contributed by atoms with Crippen LogP contribution in [-0.4, -0.2) is 77.5 Å². The molecule has 36 heavy (non-hydrogen) atoms. The van der Waals surface area contributed by atoms with Crippen LogP contribution in [0.2, 0.25) is 10.0 Å². The van der Waals surface area contributed by atoms with E-state index in [4.69, 9.17) is 23.2 Å². The van der Waals surface area contributed by atoms with Gasteiger partial charge in [0.1, 0.15) is 12.1 Å². The zero-order valence-electron chi connectivity index (χ0n) is 20.5. The SMILES string of the molecule is CCN(CC)C(=O)CN1CN(c2ccccc2)C2(CCN(C(=O)Nc3cccc(Cl)c3Cl)CC2)C1=O. The van der Waals surface area contributed by atoms with E-state index in [9.17, 15) is 14.4 Å². The minimum Gasteiger partial charge on any atom is -0.342 e. The molecule has 2 heterocycles. The van der Waals surface area contributed by atoms with Gasteiger partial charge in [0.15, 0.2) is 0 Å². The maximum atomic E-state index is 13.8. The summed E-state index contributed by atoms with van der Waals surface area (Å²) in [4.78, 5) is 46.8. The number of urea groups is 1. The van der Waals surface area contributed by atoms with Gasteiger partial charge >= 0.3 is 6.03 Å². The van der Waals surface area contributed by atoms with Crippen molar-refractivity contribution in [3.8, 4) is 0 Å². The summed E-state index contributed by atoms with van der Waals surface area (Å²) in [6.45, 7) is 6.22. The number of likely N-dealkylation sites (tertiary alicyclic amines) is 1. The Bertz CT molecular complexity index is 1120. The average Bonchev–Trinajstić information content (AvgIpc) is 3.14. The zero-order valence-corrected chi connectivity index (χ0v) is 22.1. The molecule has 2 aliphatic rings. The number of nitrogens with zero attached hydrogens (tertiary/aromatic N) is 4. The van der Waals surface area contributed by atoms with Gasteiger partial charge in [-0.25, -0.2) is 4.79 Å². The number of halogens is 2. The molecule has 2 aromatic carbocycles. The number of amides is 4. The smallest absolute Gasteiger partial charge is 0.321 e. The quantitative estimate of drug-likeness (QED) is 0.593. The van der Waals surface area contributed by atoms with Crippen molar-refractivity contribution in [3.63, 3.8) is 0 Å². The summed E-state index contributed by atoms with van der Waals surface area (Å²) in [7, 11) is 0. The van der Waals surface area contributed by atoms with E-state index in [1.165, 1.54) is 0 Å². The molecule has 0 atom stereocenters. The lowest BCUT2D eigenvalue weighted by molar-refractivity contribution is -0.140. The molecule has 0 bridgehead atoms. The third-order valence-electron chi connectivity index (χ3n) is 7.10. The molecule has 2 aromatic rings. The number of piperidine rings is 1. The summed E-state index contributed by atoms with van der Waals surface area (Å²) in [6, 6.07) is 14.5. The van der Waals surface area contributed by atoms with Crippen LogP contribution in [0.15, 0.2) is 48.5 Å². The van der Waals surface area contributed by atoms with Gasteiger partial charge in [0.25, 0.3) is 5.91 Å². The Morgan fingerprint density at radius 2 is 1.67 bits per heavy atom. The first kappa shape index (κ1) is 26.1. The Morgan fingerprint density at radius 3 is 2.31 bits per heavy atom. The summed E-state index contributed by atoms with van der Waals surface area (Å²) < 4.78 is 0. The van der Waals surface area contributed by atoms with Gasteiger partial charge in [-0.05, 0) is 51.0 Å². The van der Waals surface area contributed by atoms with Gasteiger partial charge in [-0.3, -0.25) is 9.59 Å². The second kappa shape index (κ2) is 11.0. The molecule has 2 aliphatic heterocycles. The van der Waals surface area contributed by atoms with E-state index in [1.54, 1.807) is 32.9 Å². The van der Waals surface area contributed by atoms with Gasteiger partial charge < -0.3 is 24.9 Å². The van der Waals surface area contributed by atoms with Crippen LogP contribution in [-0.2, 0) is 9.59 Å². The fourth-order valence-electron chi connectivity index (χ4n) is 5.04. The first-order chi connectivity index (χ1) is 17.3. The molecule has 0 aromatic heterocycles. The Kier molecular flexibility index (Phi) is 7.95. The van der Waals surface area contributed by atoms with E-state index in [2.05, 4.69) is 10.2 Å². The minimum atomic E-state index is -0.810. The molecule has 0 radical (unpaired) electrons. The largest absolute Gasteiger partial charge is 0.342 e. The average molecular weight is 532 g/mol. The predicted octanol–water partition coefficient (Wildman–Crippen LogP) is 4.53. The number of likely N-dealkylation sites (N-methyl/N-ethyl adjacent to an activating group) is 1. The number of benzene rings is 2. The summed E-state index contributed by atoms with van der Waals surface area (Å²) in [5, 5.41) is 3.48. The highest BCUT2D eigenvalue weighted by Gasteiger charge is 2.54. The second-order valence-electron chi connectivity index (χ2n) is 9.02. The van der Waals surface area contributed by atoms with Crippen molar-refractivity contribution in [1.29, 1.82) is 0 Å². The van der Waals surface area contributed by atoms with E-state index in [-0.39, 0.29) is 29.4 Å². The first-order valence-electron chi connectivity index (χ1n) is 12.2. The third-order valence-corrected chi connectivity index (χ3v) is 7.91. The molecule has 4 amide bonds. The number of para-hydroxylation sites is 1. The maximum absolute atomic E-state index is 13.8. The Hall–Kier alpha value is -2.97. The second-order valence-corrected chi connectivity index (χ2v) is 9.81. The predicted molar refractivity (Wildman–Crippen MR) is 142 cm³/mol. The van der Waals surface area contributed by atoms with Crippen molar-refractivity contribution in [1.82, 2.24) is 14.7 Å². The summed E-state index contributed by atoms with van der Waals surface area (Å²) >= 11 is 12.3. The van der Waals surface area contributed by atoms with Gasteiger partial charge in [-0.2, -0.15) is 0 Å². The van der Waals surface area contributed by atoms with Crippen LogP contribution < -0.4 is 10.2 Å². The van der Waals surface area contributed by atoms with E-state index >= 15 is 0 Å². The lowest BCUT2D eigenvalue weighted by Gasteiger charge is -2.43. The van der Waals surface area contributed by atoms with Gasteiger partial charge in [-0.15, -0.1) is 0 Å². The number of nitrogens with one attached hydrogen (secondary N) is 1. The lowest BCUT2D eigenvalue weighted by Crippen LogP contribution is -2.58. The molecular formula is C26H31Cl2N5O3. The molecule has 0 aliphatic carbocycles. The molecule has 8 nitrogen and oxygen atoms in total. The van der Waals surface area contributed by atoms with Gasteiger partial charge in [0.05, 0.1) is 22.4 Å². The molecule has 4 rings (SSSR count). The van der Waals surface area contributed by atoms with E-state index < -0.39 is 5.54 Å². The summed E-state index contributed by atoms with van der Waals surface area (Å²) in [5.74, 6) is -0.126. The van der Waals surface area contributed by atoms with Crippen LogP contribution in [0.3, 0.4) is 0 Å². The Labute approximate surface area is 221 Å². The standard InChI is InChI=1S/C26H31Cl2N5O3/c1-3-30(4-2)22(34)17-32-18-33(19-9-6-5-7-10-19)26(24(32)35)13-15-31(16-14-26)25(36)29-21-12-8-11-20(27)23(21)28/h5-12H,3-4,13-18H2,1-2H3,(H,29,36). The number of carbonyl (C=O) groups is 3. The topological polar surface area (TPSA) is 76.2 Å². The van der Waals surface area contributed by atoms with E-state index in [0.29, 0.717) is 56.4 Å². The summed E-state index contributed by atoms with van der Waals surface area (Å²) in [5.41, 5.74) is 0.556. The Balaban J connectivity index is 1.52. The fraction of sp³-hybridized carbons (Fsp3) is 0.423. The normalized spacial score (nSPS) is 17.0. The molecule has 0 unspecified atom stereocenters. The zero-order chi connectivity index (χ0) is 25.9. The van der Waals surface area contributed by atoms with Crippen molar-refractivity contribution in [2.75, 3.05) is 49.6 Å². The number of hydrogen-bond donors (Lipinski definition) is 1. The fourth-order valence-corrected chi connectivity index (χ4v) is 5.38. The molecule has 192 valence electrons. The molecule has 0 saturated carbocycles. The van der Waals surface area contributed by atoms with Gasteiger partial charge in [0, 0.05) is 31.9 Å². The van der Waals surface area contributed by atoms with Crippen molar-refractivity contribution in [2.24, 2.45) is 0 Å². The number of carbonyl (C=O) groups excluding carboxylic acids is 3.